The summed E-state index contributed by atoms with van der Waals surface area (Å²) in [6.45, 7) is 0.507. The number of aromatic amines is 3. The van der Waals surface area contributed by atoms with Crippen LogP contribution in [0.15, 0.2) is 104 Å². The Morgan fingerprint density at radius 1 is 0.708 bits per heavy atom. The van der Waals surface area contributed by atoms with E-state index in [1.54, 1.807) is 18.6 Å². The maximum absolute atomic E-state index is 14.7. The molecular formula is C47H56N12O6. The van der Waals surface area contributed by atoms with Gasteiger partial charge in [-0.15, -0.1) is 0 Å². The molecule has 13 N–H and O–H groups in total. The Kier molecular flexibility index (Phi) is 15.0. The number of nitrogens with zero attached hydrogens (tertiary/aromatic N) is 2. The van der Waals surface area contributed by atoms with Crippen molar-refractivity contribution in [2.45, 2.75) is 87.6 Å². The van der Waals surface area contributed by atoms with Crippen molar-refractivity contribution < 1.29 is 28.8 Å². The minimum absolute atomic E-state index is 0.0679. The standard InChI is InChI=1S/C47H56N12O6/c48-18-9-8-16-37(42(50)60)55-44(62)39(20-28-10-2-1-3-11-28)58-46(64)41(22-30-25-53-36-15-7-5-13-33(30)36)59-19-17-38(47(59)65)56-45(63)40(21-29-24-52-35-14-6-4-12-32(29)35)57-43(61)34(49)23-31-26-51-27-54-31/h1-7,10-15,24-27,34,37-41,52-53H,8-9,16-23,48-49H2,(H2,50,60)(H,51,54)(H,55,62)(H,56,63)(H,57,61)(H,58,64)/t34-,37-,38+,39+,40+,41-/m0/s1. The van der Waals surface area contributed by atoms with Gasteiger partial charge in [0.15, 0.2) is 0 Å². The average Bonchev–Trinajstić information content (AvgIpc) is 4.13. The molecule has 0 aliphatic carbocycles. The number of imidazole rings is 1. The molecule has 6 amide bonds. The number of hydrogen-bond donors (Lipinski definition) is 10. The predicted octanol–water partition coefficient (Wildman–Crippen LogP) is 1.12. The number of H-pyrrole nitrogens is 3. The molecule has 18 heteroatoms. The van der Waals surface area contributed by atoms with Gasteiger partial charge in [0.2, 0.25) is 35.4 Å². The van der Waals surface area contributed by atoms with Crippen molar-refractivity contribution in [3.8, 4) is 0 Å². The van der Waals surface area contributed by atoms with Crippen LogP contribution in [0.25, 0.3) is 21.8 Å². The normalized spacial score (nSPS) is 16.1. The van der Waals surface area contributed by atoms with Crippen LogP contribution in [-0.4, -0.2) is 110 Å². The number of amides is 6. The first-order valence-corrected chi connectivity index (χ1v) is 21.9. The molecule has 1 aliphatic rings. The number of hydrogen-bond acceptors (Lipinski definition) is 9. The van der Waals surface area contributed by atoms with Crippen LogP contribution in [-0.2, 0) is 54.5 Å². The number of carbonyl (C=O) groups is 6. The highest BCUT2D eigenvalue weighted by atomic mass is 16.2. The van der Waals surface area contributed by atoms with E-state index in [2.05, 4.69) is 41.2 Å². The fourth-order valence-electron chi connectivity index (χ4n) is 8.38. The third-order valence-corrected chi connectivity index (χ3v) is 11.9. The van der Waals surface area contributed by atoms with E-state index in [4.69, 9.17) is 17.2 Å². The molecule has 3 aromatic carbocycles. The van der Waals surface area contributed by atoms with Gasteiger partial charge in [-0.3, -0.25) is 28.8 Å². The van der Waals surface area contributed by atoms with Gasteiger partial charge in [0.05, 0.1) is 12.4 Å². The second-order valence-corrected chi connectivity index (χ2v) is 16.5. The predicted molar refractivity (Wildman–Crippen MR) is 244 cm³/mol. The first-order chi connectivity index (χ1) is 31.5. The fraction of sp³-hybridized carbons (Fsp3) is 0.340. The zero-order valence-electron chi connectivity index (χ0n) is 35.9. The van der Waals surface area contributed by atoms with Gasteiger partial charge in [-0.05, 0) is 61.1 Å². The Morgan fingerprint density at radius 2 is 1.32 bits per heavy atom. The molecule has 340 valence electrons. The zero-order valence-corrected chi connectivity index (χ0v) is 35.9. The summed E-state index contributed by atoms with van der Waals surface area (Å²) < 4.78 is 0. The molecule has 3 aromatic heterocycles. The molecule has 6 atom stereocenters. The van der Waals surface area contributed by atoms with Crippen LogP contribution >= 0.6 is 0 Å². The first-order valence-electron chi connectivity index (χ1n) is 21.9. The highest BCUT2D eigenvalue weighted by Crippen LogP contribution is 2.25. The van der Waals surface area contributed by atoms with E-state index in [0.717, 1.165) is 38.5 Å². The van der Waals surface area contributed by atoms with Crippen LogP contribution in [0.5, 0.6) is 0 Å². The molecule has 0 saturated carbocycles. The Labute approximate surface area is 375 Å². The maximum Gasteiger partial charge on any atom is 0.245 e. The first kappa shape index (κ1) is 45.7. The lowest BCUT2D eigenvalue weighted by Gasteiger charge is -2.30. The van der Waals surface area contributed by atoms with Crippen LogP contribution < -0.4 is 38.5 Å². The molecule has 1 fully saturated rings. The largest absolute Gasteiger partial charge is 0.368 e. The highest BCUT2D eigenvalue weighted by molar-refractivity contribution is 5.98. The van der Waals surface area contributed by atoms with E-state index in [1.165, 1.54) is 11.2 Å². The number of unbranched alkanes of at least 4 members (excludes halogenated alkanes) is 1. The molecule has 1 saturated heterocycles. The fourth-order valence-corrected chi connectivity index (χ4v) is 8.38. The lowest BCUT2D eigenvalue weighted by atomic mass is 10.0. The minimum atomic E-state index is -1.16. The molecule has 6 aromatic rings. The lowest BCUT2D eigenvalue weighted by Crippen LogP contribution is -2.58. The Balaban J connectivity index is 1.13. The zero-order chi connectivity index (χ0) is 45.9. The average molecular weight is 885 g/mol. The third kappa shape index (κ3) is 11.5. The van der Waals surface area contributed by atoms with E-state index < -0.39 is 71.7 Å². The lowest BCUT2D eigenvalue weighted by molar-refractivity contribution is -0.140. The number of likely N-dealkylation sites (tertiary alicyclic amines) is 1. The van der Waals surface area contributed by atoms with Gasteiger partial charge in [0.1, 0.15) is 30.2 Å². The molecule has 0 spiro atoms. The summed E-state index contributed by atoms with van der Waals surface area (Å²) in [5.41, 5.74) is 22.2. The maximum atomic E-state index is 14.7. The number of para-hydroxylation sites is 2. The van der Waals surface area contributed by atoms with Crippen molar-refractivity contribution in [3.05, 3.63) is 126 Å². The minimum Gasteiger partial charge on any atom is -0.368 e. The van der Waals surface area contributed by atoms with Crippen molar-refractivity contribution in [3.63, 3.8) is 0 Å². The van der Waals surface area contributed by atoms with Crippen molar-refractivity contribution in [2.24, 2.45) is 17.2 Å². The molecule has 18 nitrogen and oxygen atoms in total. The number of carbonyl (C=O) groups excluding carboxylic acids is 6. The number of aromatic nitrogens is 4. The smallest absolute Gasteiger partial charge is 0.245 e. The number of nitrogens with two attached hydrogens (primary N) is 3. The van der Waals surface area contributed by atoms with E-state index in [-0.39, 0.29) is 45.1 Å². The molecule has 4 heterocycles. The molecule has 0 bridgehead atoms. The van der Waals surface area contributed by atoms with Gasteiger partial charge in [0, 0.05) is 78.3 Å². The second kappa shape index (κ2) is 21.4. The van der Waals surface area contributed by atoms with Crippen LogP contribution in [0.2, 0.25) is 0 Å². The Bertz CT molecular complexity index is 2590. The summed E-state index contributed by atoms with van der Waals surface area (Å²) in [5.74, 6) is -3.62. The molecule has 0 unspecified atom stereocenters. The van der Waals surface area contributed by atoms with E-state index in [0.29, 0.717) is 25.1 Å². The number of primary amides is 1. The van der Waals surface area contributed by atoms with Gasteiger partial charge in [-0.25, -0.2) is 4.98 Å². The Morgan fingerprint density at radius 3 is 1.97 bits per heavy atom. The summed E-state index contributed by atoms with van der Waals surface area (Å²) in [5, 5.41) is 13.1. The van der Waals surface area contributed by atoms with Crippen molar-refractivity contribution in [2.75, 3.05) is 13.1 Å². The topological polar surface area (TPSA) is 292 Å². The van der Waals surface area contributed by atoms with Crippen molar-refractivity contribution in [1.29, 1.82) is 0 Å². The van der Waals surface area contributed by atoms with E-state index in [1.807, 2.05) is 78.9 Å². The molecule has 7 rings (SSSR count). The summed E-state index contributed by atoms with van der Waals surface area (Å²) in [4.78, 5) is 98.3. The SMILES string of the molecule is NCCCC[C@H](NC(=O)[C@@H](Cc1ccccc1)NC(=O)[C@H](Cc1c[nH]c2ccccc12)N1CC[C@@H](NC(=O)[C@@H](Cc2c[nH]c3ccccc23)NC(=O)[C@@H](N)Cc2cnc[nH]2)C1=O)C(N)=O. The van der Waals surface area contributed by atoms with Crippen LogP contribution in [0, 0.1) is 0 Å². The molecule has 1 aliphatic heterocycles. The van der Waals surface area contributed by atoms with Gasteiger partial charge in [-0.1, -0.05) is 66.7 Å². The summed E-state index contributed by atoms with van der Waals surface area (Å²) in [6.07, 6.45) is 8.61. The van der Waals surface area contributed by atoms with Crippen molar-refractivity contribution >= 4 is 57.2 Å². The molecule has 0 radical (unpaired) electrons. The van der Waals surface area contributed by atoms with Gasteiger partial charge in [0.25, 0.3) is 0 Å². The summed E-state index contributed by atoms with van der Waals surface area (Å²) >= 11 is 0. The van der Waals surface area contributed by atoms with Crippen LogP contribution in [0.3, 0.4) is 0 Å². The third-order valence-electron chi connectivity index (χ3n) is 11.9. The summed E-state index contributed by atoms with van der Waals surface area (Å²) in [6, 6.07) is 17.8. The van der Waals surface area contributed by atoms with Crippen molar-refractivity contribution in [1.82, 2.24) is 46.1 Å². The summed E-state index contributed by atoms with van der Waals surface area (Å²) in [7, 11) is 0. The monoisotopic (exact) mass is 884 g/mol. The second-order valence-electron chi connectivity index (χ2n) is 16.5. The van der Waals surface area contributed by atoms with Gasteiger partial charge < -0.3 is 58.3 Å². The quantitative estimate of drug-likeness (QED) is 0.0437. The highest BCUT2D eigenvalue weighted by Gasteiger charge is 2.42. The van der Waals surface area contributed by atoms with Crippen LogP contribution in [0.1, 0.15) is 48.1 Å². The molecular weight excluding hydrogens is 829 g/mol. The van der Waals surface area contributed by atoms with Gasteiger partial charge in [-0.2, -0.15) is 0 Å². The number of fused-ring (bicyclic) bond motifs is 2. The number of benzene rings is 3. The Hall–Kier alpha value is -7.31. The number of rotatable bonds is 22. The van der Waals surface area contributed by atoms with E-state index in [9.17, 15) is 28.8 Å². The molecule has 65 heavy (non-hydrogen) atoms. The van der Waals surface area contributed by atoms with E-state index >= 15 is 0 Å². The van der Waals surface area contributed by atoms with Crippen LogP contribution in [0.4, 0.5) is 0 Å². The number of nitrogens with one attached hydrogen (secondary N) is 7. The van der Waals surface area contributed by atoms with Gasteiger partial charge >= 0.3 is 0 Å².